The van der Waals surface area contributed by atoms with Crippen molar-refractivity contribution in [1.82, 2.24) is 15.5 Å². The summed E-state index contributed by atoms with van der Waals surface area (Å²) in [7, 11) is 0. The van der Waals surface area contributed by atoms with E-state index in [2.05, 4.69) is 20.8 Å². The molecule has 2 heterocycles. The van der Waals surface area contributed by atoms with Crippen LogP contribution >= 0.6 is 22.9 Å². The van der Waals surface area contributed by atoms with E-state index in [1.807, 2.05) is 5.38 Å². The van der Waals surface area contributed by atoms with Gasteiger partial charge in [0.2, 0.25) is 5.89 Å². The Bertz CT molecular complexity index is 940. The molecule has 0 fully saturated rings. The number of aryl methyl sites for hydroxylation is 2. The summed E-state index contributed by atoms with van der Waals surface area (Å²) in [5.74, 6) is 0.624. The highest BCUT2D eigenvalue weighted by atomic mass is 35.5. The number of nitrogens with one attached hydrogen (secondary N) is 2. The first-order chi connectivity index (χ1) is 13.0. The lowest BCUT2D eigenvalue weighted by atomic mass is 10.1. The molecule has 3 rings (SSSR count). The molecule has 0 radical (unpaired) electrons. The summed E-state index contributed by atoms with van der Waals surface area (Å²) < 4.78 is 5.02. The Labute approximate surface area is 164 Å². The van der Waals surface area contributed by atoms with Gasteiger partial charge in [-0.2, -0.15) is 4.98 Å². The second-order valence-electron chi connectivity index (χ2n) is 5.72. The number of thiophene rings is 1. The molecule has 2 aromatic heterocycles. The molecule has 0 unspecified atom stereocenters. The maximum absolute atomic E-state index is 12.3. The molecule has 140 valence electrons. The molecule has 3 aromatic rings. The minimum Gasteiger partial charge on any atom is -0.352 e. The summed E-state index contributed by atoms with van der Waals surface area (Å²) in [4.78, 5) is 29.2. The summed E-state index contributed by atoms with van der Waals surface area (Å²) in [5.41, 5.74) is 0.804. The fourth-order valence-corrected chi connectivity index (χ4v) is 3.12. The standard InChI is InChI=1S/C18H17ClN4O3S/c1-11-21-16(26-23-11)5-2-8-20-17(24)12-6-7-13(19)14(10-12)22-18(25)15-4-3-9-27-15/h3-4,6-7,9-10H,2,5,8H2,1H3,(H,20,24)(H,22,25). The maximum atomic E-state index is 12.3. The van der Waals surface area contributed by atoms with E-state index in [1.54, 1.807) is 37.3 Å². The number of benzene rings is 1. The smallest absolute Gasteiger partial charge is 0.265 e. The second-order valence-corrected chi connectivity index (χ2v) is 7.08. The molecule has 27 heavy (non-hydrogen) atoms. The van der Waals surface area contributed by atoms with Crippen molar-refractivity contribution in [2.24, 2.45) is 0 Å². The van der Waals surface area contributed by atoms with Gasteiger partial charge < -0.3 is 15.2 Å². The van der Waals surface area contributed by atoms with E-state index in [1.165, 1.54) is 11.3 Å². The van der Waals surface area contributed by atoms with E-state index in [-0.39, 0.29) is 11.8 Å². The second kappa shape index (κ2) is 8.79. The SMILES string of the molecule is Cc1noc(CCCNC(=O)c2ccc(Cl)c(NC(=O)c3cccs3)c2)n1. The lowest BCUT2D eigenvalue weighted by Gasteiger charge is -2.09. The lowest BCUT2D eigenvalue weighted by molar-refractivity contribution is 0.0951. The molecule has 0 aliphatic rings. The van der Waals surface area contributed by atoms with Crippen LogP contribution in [-0.4, -0.2) is 28.5 Å². The van der Waals surface area contributed by atoms with Gasteiger partial charge in [-0.3, -0.25) is 9.59 Å². The van der Waals surface area contributed by atoms with Crippen molar-refractivity contribution >= 4 is 40.4 Å². The molecule has 0 saturated heterocycles. The van der Waals surface area contributed by atoms with Gasteiger partial charge in [-0.05, 0) is 43.0 Å². The van der Waals surface area contributed by atoms with Crippen molar-refractivity contribution in [2.45, 2.75) is 19.8 Å². The van der Waals surface area contributed by atoms with Crippen LogP contribution in [0.3, 0.4) is 0 Å². The number of hydrogen-bond acceptors (Lipinski definition) is 6. The van der Waals surface area contributed by atoms with Crippen molar-refractivity contribution in [1.29, 1.82) is 0 Å². The van der Waals surface area contributed by atoms with Crippen molar-refractivity contribution in [3.05, 3.63) is 62.9 Å². The van der Waals surface area contributed by atoms with Gasteiger partial charge in [-0.1, -0.05) is 22.8 Å². The van der Waals surface area contributed by atoms with Crippen LogP contribution < -0.4 is 10.6 Å². The molecular formula is C18H17ClN4O3S. The highest BCUT2D eigenvalue weighted by Gasteiger charge is 2.13. The quantitative estimate of drug-likeness (QED) is 0.585. The molecular weight excluding hydrogens is 388 g/mol. The lowest BCUT2D eigenvalue weighted by Crippen LogP contribution is -2.25. The zero-order valence-corrected chi connectivity index (χ0v) is 16.1. The monoisotopic (exact) mass is 404 g/mol. The maximum Gasteiger partial charge on any atom is 0.265 e. The van der Waals surface area contributed by atoms with Crippen molar-refractivity contribution in [3.63, 3.8) is 0 Å². The minimum atomic E-state index is -0.265. The fourth-order valence-electron chi connectivity index (χ4n) is 2.34. The molecule has 0 aliphatic carbocycles. The summed E-state index contributed by atoms with van der Waals surface area (Å²) in [5, 5.41) is 11.4. The molecule has 9 heteroatoms. The van der Waals surface area contributed by atoms with Crippen LogP contribution in [-0.2, 0) is 6.42 Å². The van der Waals surface area contributed by atoms with E-state index in [0.717, 1.165) is 0 Å². The van der Waals surface area contributed by atoms with E-state index in [0.29, 0.717) is 52.3 Å². The van der Waals surface area contributed by atoms with Crippen LogP contribution in [0.5, 0.6) is 0 Å². The van der Waals surface area contributed by atoms with Crippen LogP contribution in [0, 0.1) is 6.92 Å². The highest BCUT2D eigenvalue weighted by Crippen LogP contribution is 2.24. The Kier molecular flexibility index (Phi) is 6.20. The molecule has 0 aliphatic heterocycles. The summed E-state index contributed by atoms with van der Waals surface area (Å²) >= 11 is 7.46. The van der Waals surface area contributed by atoms with Gasteiger partial charge in [0.1, 0.15) is 0 Å². The molecule has 0 atom stereocenters. The third-order valence-corrected chi connectivity index (χ3v) is 4.84. The zero-order chi connectivity index (χ0) is 19.2. The van der Waals surface area contributed by atoms with Crippen LogP contribution in [0.4, 0.5) is 5.69 Å². The number of aromatic nitrogens is 2. The van der Waals surface area contributed by atoms with Gasteiger partial charge in [0.15, 0.2) is 5.82 Å². The molecule has 0 saturated carbocycles. The topological polar surface area (TPSA) is 97.1 Å². The normalized spacial score (nSPS) is 10.6. The number of carbonyl (C=O) groups excluding carboxylic acids is 2. The van der Waals surface area contributed by atoms with Gasteiger partial charge >= 0.3 is 0 Å². The van der Waals surface area contributed by atoms with E-state index in [4.69, 9.17) is 16.1 Å². The number of rotatable bonds is 7. The van der Waals surface area contributed by atoms with E-state index >= 15 is 0 Å². The Hall–Kier alpha value is -2.71. The number of carbonyl (C=O) groups is 2. The Morgan fingerprint density at radius 2 is 2.11 bits per heavy atom. The Balaban J connectivity index is 1.55. The molecule has 2 N–H and O–H groups in total. The number of hydrogen-bond donors (Lipinski definition) is 2. The van der Waals surface area contributed by atoms with Crippen LogP contribution in [0.1, 0.15) is 38.2 Å². The Morgan fingerprint density at radius 3 is 2.81 bits per heavy atom. The fraction of sp³-hybridized carbons (Fsp3) is 0.222. The van der Waals surface area contributed by atoms with Crippen LogP contribution in [0.25, 0.3) is 0 Å². The number of halogens is 1. The summed E-state index contributed by atoms with van der Waals surface area (Å²) in [6.07, 6.45) is 1.26. The number of amides is 2. The largest absolute Gasteiger partial charge is 0.352 e. The first kappa shape index (κ1) is 19.1. The van der Waals surface area contributed by atoms with Crippen LogP contribution in [0.2, 0.25) is 5.02 Å². The minimum absolute atomic E-state index is 0.250. The molecule has 0 bridgehead atoms. The van der Waals surface area contributed by atoms with Gasteiger partial charge in [0.05, 0.1) is 15.6 Å². The van der Waals surface area contributed by atoms with Gasteiger partial charge in [0, 0.05) is 18.5 Å². The first-order valence-electron chi connectivity index (χ1n) is 8.25. The highest BCUT2D eigenvalue weighted by molar-refractivity contribution is 7.12. The average Bonchev–Trinajstić information content (AvgIpc) is 3.32. The molecule has 7 nitrogen and oxygen atoms in total. The summed E-state index contributed by atoms with van der Waals surface area (Å²) in [6.45, 7) is 2.21. The zero-order valence-electron chi connectivity index (χ0n) is 14.5. The molecule has 1 aromatic carbocycles. The van der Waals surface area contributed by atoms with Crippen molar-refractivity contribution in [2.75, 3.05) is 11.9 Å². The van der Waals surface area contributed by atoms with Crippen LogP contribution in [0.15, 0.2) is 40.2 Å². The third kappa shape index (κ3) is 5.15. The Morgan fingerprint density at radius 1 is 1.26 bits per heavy atom. The molecule has 2 amide bonds. The third-order valence-electron chi connectivity index (χ3n) is 3.64. The summed E-state index contributed by atoms with van der Waals surface area (Å²) in [6, 6.07) is 8.27. The van der Waals surface area contributed by atoms with Crippen molar-refractivity contribution < 1.29 is 14.1 Å². The number of nitrogens with zero attached hydrogens (tertiary/aromatic N) is 2. The predicted octanol–water partition coefficient (Wildman–Crippen LogP) is 3.71. The van der Waals surface area contributed by atoms with Crippen molar-refractivity contribution in [3.8, 4) is 0 Å². The predicted molar refractivity (Wildman–Crippen MR) is 103 cm³/mol. The average molecular weight is 405 g/mol. The van der Waals surface area contributed by atoms with E-state index in [9.17, 15) is 9.59 Å². The van der Waals surface area contributed by atoms with Gasteiger partial charge in [-0.25, -0.2) is 0 Å². The van der Waals surface area contributed by atoms with Gasteiger partial charge in [-0.15, -0.1) is 11.3 Å². The van der Waals surface area contributed by atoms with E-state index < -0.39 is 0 Å². The van der Waals surface area contributed by atoms with Gasteiger partial charge in [0.25, 0.3) is 11.8 Å². The first-order valence-corrected chi connectivity index (χ1v) is 9.50. The number of anilines is 1. The molecule has 0 spiro atoms.